The molecule has 0 saturated heterocycles. The molecule has 1 atom stereocenters. The highest BCUT2D eigenvalue weighted by Crippen LogP contribution is 2.27. The van der Waals surface area contributed by atoms with Crippen LogP contribution in [0.3, 0.4) is 0 Å². The first-order valence-electron chi connectivity index (χ1n) is 15.4. The Morgan fingerprint density at radius 2 is 1.64 bits per heavy atom. The van der Waals surface area contributed by atoms with Gasteiger partial charge >= 0.3 is 0 Å². The summed E-state index contributed by atoms with van der Waals surface area (Å²) in [5.74, 6) is -0.315. The van der Waals surface area contributed by atoms with Crippen molar-refractivity contribution in [2.75, 3.05) is 24.6 Å². The van der Waals surface area contributed by atoms with E-state index in [0.717, 1.165) is 48.5 Å². The van der Waals surface area contributed by atoms with Crippen LogP contribution in [-0.4, -0.2) is 57.5 Å². The lowest BCUT2D eigenvalue weighted by atomic mass is 9.95. The molecular formula is C34H42FN3O6S. The maximum Gasteiger partial charge on any atom is 0.264 e. The number of nitrogens with one attached hydrogen (secondary N) is 1. The number of nitrogens with zero attached hydrogens (tertiary/aromatic N) is 2. The van der Waals surface area contributed by atoms with Gasteiger partial charge < -0.3 is 19.7 Å². The monoisotopic (exact) mass is 639 g/mol. The summed E-state index contributed by atoms with van der Waals surface area (Å²) in [5.41, 5.74) is 0.828. The number of rotatable bonds is 14. The van der Waals surface area contributed by atoms with E-state index in [4.69, 9.17) is 9.47 Å². The van der Waals surface area contributed by atoms with Crippen molar-refractivity contribution in [1.29, 1.82) is 0 Å². The normalized spacial score (nSPS) is 14.3. The Kier molecular flexibility index (Phi) is 11.8. The van der Waals surface area contributed by atoms with Gasteiger partial charge in [-0.2, -0.15) is 0 Å². The summed E-state index contributed by atoms with van der Waals surface area (Å²) in [6, 6.07) is 17.2. The molecule has 9 nitrogen and oxygen atoms in total. The van der Waals surface area contributed by atoms with Crippen molar-refractivity contribution in [2.45, 2.75) is 75.9 Å². The second kappa shape index (κ2) is 15.7. The fourth-order valence-electron chi connectivity index (χ4n) is 5.57. The van der Waals surface area contributed by atoms with Gasteiger partial charge in [-0.05, 0) is 92.4 Å². The van der Waals surface area contributed by atoms with Crippen LogP contribution in [0.5, 0.6) is 11.5 Å². The van der Waals surface area contributed by atoms with Crippen LogP contribution in [0.25, 0.3) is 0 Å². The van der Waals surface area contributed by atoms with Gasteiger partial charge in [0.25, 0.3) is 10.0 Å². The lowest BCUT2D eigenvalue weighted by Crippen LogP contribution is -2.54. The topological polar surface area (TPSA) is 105 Å². The third-order valence-corrected chi connectivity index (χ3v) is 9.73. The summed E-state index contributed by atoms with van der Waals surface area (Å²) in [5, 5.41) is 3.13. The first-order valence-corrected chi connectivity index (χ1v) is 16.8. The molecule has 45 heavy (non-hydrogen) atoms. The summed E-state index contributed by atoms with van der Waals surface area (Å²) in [6.07, 6.45) is 5.27. The third-order valence-electron chi connectivity index (χ3n) is 7.94. The number of benzene rings is 3. The minimum Gasteiger partial charge on any atom is -0.497 e. The fourth-order valence-corrected chi connectivity index (χ4v) is 6.98. The van der Waals surface area contributed by atoms with E-state index in [1.807, 2.05) is 19.9 Å². The molecule has 1 aliphatic carbocycles. The summed E-state index contributed by atoms with van der Waals surface area (Å²) < 4.78 is 53.8. The van der Waals surface area contributed by atoms with E-state index in [1.54, 1.807) is 37.4 Å². The molecule has 0 aliphatic heterocycles. The average Bonchev–Trinajstić information content (AvgIpc) is 3.05. The first-order chi connectivity index (χ1) is 21.7. The van der Waals surface area contributed by atoms with Crippen LogP contribution >= 0.6 is 0 Å². The Labute approximate surface area is 265 Å². The second-order valence-electron chi connectivity index (χ2n) is 11.0. The molecule has 2 amide bonds. The molecule has 1 N–H and O–H groups in total. The van der Waals surface area contributed by atoms with Crippen molar-refractivity contribution < 1.29 is 31.9 Å². The van der Waals surface area contributed by atoms with Gasteiger partial charge in [0, 0.05) is 12.6 Å². The SMILES string of the molecule is CCOc1ccc(S(=O)(=O)N(CC(=O)N(Cc2cccc(OC)c2)[C@@H](CC)C(=O)NC2CCCCC2)c2ccc(F)cc2)cc1. The smallest absolute Gasteiger partial charge is 0.264 e. The Morgan fingerprint density at radius 3 is 2.27 bits per heavy atom. The highest BCUT2D eigenvalue weighted by molar-refractivity contribution is 7.92. The molecule has 0 heterocycles. The summed E-state index contributed by atoms with van der Waals surface area (Å²) in [6.45, 7) is 3.50. The zero-order valence-corrected chi connectivity index (χ0v) is 26.9. The van der Waals surface area contributed by atoms with Gasteiger partial charge in [-0.15, -0.1) is 0 Å². The average molecular weight is 640 g/mol. The van der Waals surface area contributed by atoms with E-state index in [0.29, 0.717) is 30.1 Å². The summed E-state index contributed by atoms with van der Waals surface area (Å²) in [7, 11) is -2.76. The molecular weight excluding hydrogens is 597 g/mol. The van der Waals surface area contributed by atoms with Crippen molar-refractivity contribution in [3.05, 3.63) is 84.2 Å². The van der Waals surface area contributed by atoms with Crippen LogP contribution in [0.15, 0.2) is 77.7 Å². The minimum atomic E-state index is -4.30. The van der Waals surface area contributed by atoms with E-state index in [-0.39, 0.29) is 29.1 Å². The van der Waals surface area contributed by atoms with Crippen LogP contribution in [0, 0.1) is 5.82 Å². The molecule has 1 fully saturated rings. The van der Waals surface area contributed by atoms with Crippen LogP contribution in [0.2, 0.25) is 0 Å². The van der Waals surface area contributed by atoms with Gasteiger partial charge in [-0.3, -0.25) is 13.9 Å². The van der Waals surface area contributed by atoms with E-state index >= 15 is 0 Å². The van der Waals surface area contributed by atoms with E-state index in [1.165, 1.54) is 29.2 Å². The number of anilines is 1. The number of hydrogen-bond donors (Lipinski definition) is 1. The fraction of sp³-hybridized carbons (Fsp3) is 0.412. The maximum atomic E-state index is 14.3. The van der Waals surface area contributed by atoms with Crippen LogP contribution in [0.4, 0.5) is 10.1 Å². The molecule has 1 aliphatic rings. The van der Waals surface area contributed by atoms with Crippen molar-refractivity contribution in [2.24, 2.45) is 0 Å². The molecule has 4 rings (SSSR count). The van der Waals surface area contributed by atoms with Crippen LogP contribution < -0.4 is 19.1 Å². The molecule has 3 aromatic carbocycles. The van der Waals surface area contributed by atoms with E-state index < -0.39 is 34.3 Å². The highest BCUT2D eigenvalue weighted by Gasteiger charge is 2.34. The Balaban J connectivity index is 1.70. The molecule has 0 bridgehead atoms. The molecule has 1 saturated carbocycles. The summed E-state index contributed by atoms with van der Waals surface area (Å²) >= 11 is 0. The predicted molar refractivity (Wildman–Crippen MR) is 171 cm³/mol. The van der Waals surface area contributed by atoms with Gasteiger partial charge in [-0.25, -0.2) is 12.8 Å². The van der Waals surface area contributed by atoms with Crippen LogP contribution in [0.1, 0.15) is 57.9 Å². The second-order valence-corrected chi connectivity index (χ2v) is 12.9. The Hall–Kier alpha value is -4.12. The lowest BCUT2D eigenvalue weighted by Gasteiger charge is -2.34. The number of halogens is 1. The van der Waals surface area contributed by atoms with E-state index in [2.05, 4.69) is 5.32 Å². The third kappa shape index (κ3) is 8.75. The number of methoxy groups -OCH3 is 1. The minimum absolute atomic E-state index is 0.0322. The molecule has 0 radical (unpaired) electrons. The van der Waals surface area contributed by atoms with Crippen molar-refractivity contribution in [1.82, 2.24) is 10.2 Å². The zero-order valence-electron chi connectivity index (χ0n) is 26.1. The Morgan fingerprint density at radius 1 is 0.956 bits per heavy atom. The molecule has 3 aromatic rings. The molecule has 11 heteroatoms. The van der Waals surface area contributed by atoms with Gasteiger partial charge in [0.15, 0.2) is 0 Å². The van der Waals surface area contributed by atoms with Crippen molar-refractivity contribution in [3.63, 3.8) is 0 Å². The lowest BCUT2D eigenvalue weighted by molar-refractivity contribution is -0.140. The van der Waals surface area contributed by atoms with Gasteiger partial charge in [0.1, 0.15) is 29.9 Å². The van der Waals surface area contributed by atoms with E-state index in [9.17, 15) is 22.4 Å². The molecule has 0 unspecified atom stereocenters. The summed E-state index contributed by atoms with van der Waals surface area (Å²) in [4.78, 5) is 29.3. The number of hydrogen-bond acceptors (Lipinski definition) is 6. The number of carbonyl (C=O) groups is 2. The number of sulfonamides is 1. The predicted octanol–water partition coefficient (Wildman–Crippen LogP) is 5.68. The van der Waals surface area contributed by atoms with Crippen LogP contribution in [-0.2, 0) is 26.2 Å². The molecule has 0 spiro atoms. The standard InChI is InChI=1S/C34H42FN3O6S/c1-4-32(34(40)36-27-11-7-6-8-12-27)37(23-25-10-9-13-30(22-25)43-3)33(39)24-38(28-16-14-26(35)15-17-28)45(41,42)31-20-18-29(19-21-31)44-5-2/h9-10,13-22,27,32H,4-8,11-12,23-24H2,1-3H3,(H,36,40)/t32-/m0/s1. The zero-order chi connectivity index (χ0) is 32.4. The number of carbonyl (C=O) groups excluding carboxylic acids is 2. The van der Waals surface area contributed by atoms with Gasteiger partial charge in [-0.1, -0.05) is 38.3 Å². The highest BCUT2D eigenvalue weighted by atomic mass is 32.2. The maximum absolute atomic E-state index is 14.3. The Bertz CT molecular complexity index is 1530. The van der Waals surface area contributed by atoms with Gasteiger partial charge in [0.05, 0.1) is 24.3 Å². The number of amides is 2. The van der Waals surface area contributed by atoms with Gasteiger partial charge in [0.2, 0.25) is 11.8 Å². The quantitative estimate of drug-likeness (QED) is 0.243. The van der Waals surface area contributed by atoms with Crippen molar-refractivity contribution >= 4 is 27.5 Å². The van der Waals surface area contributed by atoms with Crippen molar-refractivity contribution in [3.8, 4) is 11.5 Å². The molecule has 0 aromatic heterocycles. The number of ether oxygens (including phenoxy) is 2. The largest absolute Gasteiger partial charge is 0.497 e. The molecule has 242 valence electrons. The first kappa shape index (κ1) is 33.8.